The Morgan fingerprint density at radius 2 is 1.78 bits per heavy atom. The van der Waals surface area contributed by atoms with E-state index in [9.17, 15) is 4.39 Å². The number of aromatic nitrogens is 2. The number of nitrogens with one attached hydrogen (secondary N) is 1. The molecule has 2 aromatic rings. The summed E-state index contributed by atoms with van der Waals surface area (Å²) in [5.74, 6) is 1.34. The monoisotopic (exact) mass is 372 g/mol. The van der Waals surface area contributed by atoms with Gasteiger partial charge in [0.25, 0.3) is 0 Å². The first-order valence-corrected chi connectivity index (χ1v) is 9.60. The number of halogens is 1. The van der Waals surface area contributed by atoms with Crippen LogP contribution in [0.15, 0.2) is 36.7 Å². The molecule has 27 heavy (non-hydrogen) atoms. The first-order chi connectivity index (χ1) is 13.3. The molecular formula is C20H25FN4O2. The standard InChI is InChI=1S/C20H25FN4O2/c21-15-1-3-16(4-2-15)24-17-5-9-25(10-6-17)19-13-20(23-14-22-19)27-18-7-11-26-12-8-18/h1-4,13-14,17-18,24H,5-12H2. The lowest BCUT2D eigenvalue weighted by Gasteiger charge is -2.33. The Hall–Kier alpha value is -2.41. The van der Waals surface area contributed by atoms with Crippen LogP contribution in [0.1, 0.15) is 25.7 Å². The summed E-state index contributed by atoms with van der Waals surface area (Å²) >= 11 is 0. The van der Waals surface area contributed by atoms with Gasteiger partial charge in [0, 0.05) is 43.7 Å². The molecule has 6 nitrogen and oxygen atoms in total. The molecule has 1 aromatic carbocycles. The maximum absolute atomic E-state index is 13.0. The van der Waals surface area contributed by atoms with Crippen molar-refractivity contribution in [2.45, 2.75) is 37.8 Å². The van der Waals surface area contributed by atoms with Crippen molar-refractivity contribution >= 4 is 11.5 Å². The summed E-state index contributed by atoms with van der Waals surface area (Å²) in [7, 11) is 0. The molecule has 1 aromatic heterocycles. The van der Waals surface area contributed by atoms with Crippen molar-refractivity contribution in [3.8, 4) is 5.88 Å². The average Bonchev–Trinajstić information content (AvgIpc) is 2.71. The van der Waals surface area contributed by atoms with Crippen molar-refractivity contribution in [2.24, 2.45) is 0 Å². The number of rotatable bonds is 5. The number of anilines is 2. The predicted molar refractivity (Wildman–Crippen MR) is 102 cm³/mol. The van der Waals surface area contributed by atoms with Crippen molar-refractivity contribution in [1.29, 1.82) is 0 Å². The molecule has 2 aliphatic heterocycles. The fourth-order valence-electron chi connectivity index (χ4n) is 3.57. The van der Waals surface area contributed by atoms with Gasteiger partial charge in [0.1, 0.15) is 24.1 Å². The van der Waals surface area contributed by atoms with Crippen LogP contribution in [-0.2, 0) is 4.74 Å². The molecule has 0 atom stereocenters. The Kier molecular flexibility index (Phi) is 5.67. The summed E-state index contributed by atoms with van der Waals surface area (Å²) in [6.45, 7) is 3.31. The van der Waals surface area contributed by atoms with Gasteiger partial charge in [-0.05, 0) is 37.1 Å². The van der Waals surface area contributed by atoms with E-state index >= 15 is 0 Å². The number of benzene rings is 1. The van der Waals surface area contributed by atoms with Crippen LogP contribution < -0.4 is 15.0 Å². The van der Waals surface area contributed by atoms with Crippen LogP contribution in [0.5, 0.6) is 5.88 Å². The Labute approximate surface area is 158 Å². The van der Waals surface area contributed by atoms with Crippen LogP contribution in [0.25, 0.3) is 0 Å². The molecule has 0 spiro atoms. The van der Waals surface area contributed by atoms with Gasteiger partial charge in [0.2, 0.25) is 5.88 Å². The minimum atomic E-state index is -0.210. The highest BCUT2D eigenvalue weighted by Crippen LogP contribution is 2.24. The maximum atomic E-state index is 13.0. The summed E-state index contributed by atoms with van der Waals surface area (Å²) in [6.07, 6.45) is 5.55. The first-order valence-electron chi connectivity index (χ1n) is 9.60. The third kappa shape index (κ3) is 4.86. The maximum Gasteiger partial charge on any atom is 0.218 e. The van der Waals surface area contributed by atoms with Crippen LogP contribution >= 0.6 is 0 Å². The fourth-order valence-corrected chi connectivity index (χ4v) is 3.57. The van der Waals surface area contributed by atoms with E-state index in [1.165, 1.54) is 12.1 Å². The molecule has 7 heteroatoms. The number of hydrogen-bond acceptors (Lipinski definition) is 6. The van der Waals surface area contributed by atoms with Crippen molar-refractivity contribution < 1.29 is 13.9 Å². The largest absolute Gasteiger partial charge is 0.474 e. The Bertz CT molecular complexity index is 729. The smallest absolute Gasteiger partial charge is 0.218 e. The Balaban J connectivity index is 1.31. The SMILES string of the molecule is Fc1ccc(NC2CCN(c3cc(OC4CCOCC4)ncn3)CC2)cc1. The molecule has 2 fully saturated rings. The Morgan fingerprint density at radius 3 is 2.52 bits per heavy atom. The van der Waals surface area contributed by atoms with Crippen molar-refractivity contribution in [2.75, 3.05) is 36.5 Å². The zero-order chi connectivity index (χ0) is 18.5. The van der Waals surface area contributed by atoms with Crippen molar-refractivity contribution in [3.63, 3.8) is 0 Å². The quantitative estimate of drug-likeness (QED) is 0.869. The number of nitrogens with zero attached hydrogens (tertiary/aromatic N) is 3. The average molecular weight is 372 g/mol. The van der Waals surface area contributed by atoms with Crippen LogP contribution in [0, 0.1) is 5.82 Å². The molecule has 144 valence electrons. The molecule has 1 N–H and O–H groups in total. The van der Waals surface area contributed by atoms with Gasteiger partial charge < -0.3 is 19.7 Å². The lowest BCUT2D eigenvalue weighted by molar-refractivity contribution is 0.0237. The van der Waals surface area contributed by atoms with Gasteiger partial charge in [-0.3, -0.25) is 0 Å². The predicted octanol–water partition coefficient (Wildman–Crippen LogP) is 3.25. The minimum absolute atomic E-state index is 0.173. The Morgan fingerprint density at radius 1 is 1.04 bits per heavy atom. The van der Waals surface area contributed by atoms with E-state index < -0.39 is 0 Å². The van der Waals surface area contributed by atoms with Crippen LogP contribution in [-0.4, -0.2) is 48.4 Å². The number of piperidine rings is 1. The molecular weight excluding hydrogens is 347 g/mol. The molecule has 0 bridgehead atoms. The van der Waals surface area contributed by atoms with Gasteiger partial charge >= 0.3 is 0 Å². The second-order valence-electron chi connectivity index (χ2n) is 7.06. The van der Waals surface area contributed by atoms with E-state index in [-0.39, 0.29) is 11.9 Å². The van der Waals surface area contributed by atoms with Crippen molar-refractivity contribution in [1.82, 2.24) is 9.97 Å². The zero-order valence-corrected chi connectivity index (χ0v) is 15.3. The molecule has 0 saturated carbocycles. The van der Waals surface area contributed by atoms with E-state index in [0.29, 0.717) is 11.9 Å². The molecule has 3 heterocycles. The molecule has 0 amide bonds. The molecule has 0 unspecified atom stereocenters. The van der Waals surface area contributed by atoms with E-state index in [2.05, 4.69) is 20.2 Å². The molecule has 0 aliphatic carbocycles. The van der Waals surface area contributed by atoms with Crippen LogP contribution in [0.2, 0.25) is 0 Å². The van der Waals surface area contributed by atoms with E-state index in [4.69, 9.17) is 9.47 Å². The zero-order valence-electron chi connectivity index (χ0n) is 15.3. The highest BCUT2D eigenvalue weighted by atomic mass is 19.1. The minimum Gasteiger partial charge on any atom is -0.474 e. The summed E-state index contributed by atoms with van der Waals surface area (Å²) in [5, 5.41) is 3.48. The summed E-state index contributed by atoms with van der Waals surface area (Å²) < 4.78 is 24.4. The van der Waals surface area contributed by atoms with Gasteiger partial charge in [0.05, 0.1) is 13.2 Å². The van der Waals surface area contributed by atoms with Gasteiger partial charge in [-0.1, -0.05) is 0 Å². The second-order valence-corrected chi connectivity index (χ2v) is 7.06. The van der Waals surface area contributed by atoms with Crippen molar-refractivity contribution in [3.05, 3.63) is 42.5 Å². The first kappa shape index (κ1) is 18.0. The van der Waals surface area contributed by atoms with E-state index in [1.807, 2.05) is 6.07 Å². The summed E-state index contributed by atoms with van der Waals surface area (Å²) in [6, 6.07) is 8.85. The topological polar surface area (TPSA) is 59.5 Å². The van der Waals surface area contributed by atoms with Crippen LogP contribution in [0.3, 0.4) is 0 Å². The van der Waals surface area contributed by atoms with Crippen LogP contribution in [0.4, 0.5) is 15.9 Å². The highest BCUT2D eigenvalue weighted by molar-refractivity contribution is 5.45. The van der Waals surface area contributed by atoms with Gasteiger partial charge in [0.15, 0.2) is 0 Å². The van der Waals surface area contributed by atoms with E-state index in [1.54, 1.807) is 18.5 Å². The lowest BCUT2D eigenvalue weighted by Crippen LogP contribution is -2.39. The summed E-state index contributed by atoms with van der Waals surface area (Å²) in [4.78, 5) is 11.0. The number of hydrogen-bond donors (Lipinski definition) is 1. The number of ether oxygens (including phenoxy) is 2. The van der Waals surface area contributed by atoms with E-state index in [0.717, 1.165) is 63.5 Å². The van der Waals surface area contributed by atoms with Gasteiger partial charge in [-0.15, -0.1) is 0 Å². The van der Waals surface area contributed by atoms with Gasteiger partial charge in [-0.2, -0.15) is 0 Å². The fraction of sp³-hybridized carbons (Fsp3) is 0.500. The highest BCUT2D eigenvalue weighted by Gasteiger charge is 2.21. The second kappa shape index (κ2) is 8.52. The summed E-state index contributed by atoms with van der Waals surface area (Å²) in [5.41, 5.74) is 0.962. The van der Waals surface area contributed by atoms with Gasteiger partial charge in [-0.25, -0.2) is 14.4 Å². The molecule has 2 saturated heterocycles. The molecule has 0 radical (unpaired) electrons. The third-order valence-corrected chi connectivity index (χ3v) is 5.12. The lowest BCUT2D eigenvalue weighted by atomic mass is 10.0. The normalized spacial score (nSPS) is 19.1. The molecule has 4 rings (SSSR count). The third-order valence-electron chi connectivity index (χ3n) is 5.12. The molecule has 2 aliphatic rings.